The molecule has 0 spiro atoms. The van der Waals surface area contributed by atoms with E-state index in [1.807, 2.05) is 6.92 Å². The number of esters is 1. The van der Waals surface area contributed by atoms with Gasteiger partial charge in [-0.2, -0.15) is 0 Å². The summed E-state index contributed by atoms with van der Waals surface area (Å²) in [6.07, 6.45) is 18.4. The quantitative estimate of drug-likeness (QED) is 0.308. The molecule has 0 N–H and O–H groups in total. The van der Waals surface area contributed by atoms with Gasteiger partial charge in [0, 0.05) is 5.16 Å². The van der Waals surface area contributed by atoms with E-state index >= 15 is 0 Å². The Morgan fingerprint density at radius 2 is 1.53 bits per heavy atom. The van der Waals surface area contributed by atoms with Crippen LogP contribution in [0.25, 0.3) is 0 Å². The van der Waals surface area contributed by atoms with Gasteiger partial charge in [0.1, 0.15) is 0 Å². The number of hydrogen-bond donors (Lipinski definition) is 0. The lowest BCUT2D eigenvalue weighted by Gasteiger charge is -2.49. The summed E-state index contributed by atoms with van der Waals surface area (Å²) in [5.74, 6) is 1.29. The van der Waals surface area contributed by atoms with Gasteiger partial charge < -0.3 is 4.74 Å². The predicted molar refractivity (Wildman–Crippen MR) is 126 cm³/mol. The summed E-state index contributed by atoms with van der Waals surface area (Å²) in [6, 6.07) is 0. The Morgan fingerprint density at radius 3 is 2.03 bits per heavy atom. The highest BCUT2D eigenvalue weighted by Gasteiger charge is 2.49. The molecular formula is C26H45O3P. The first kappa shape index (κ1) is 24.2. The van der Waals surface area contributed by atoms with E-state index < -0.39 is 11.5 Å². The predicted octanol–water partition coefficient (Wildman–Crippen LogP) is 7.40. The van der Waals surface area contributed by atoms with Gasteiger partial charge in [0.25, 0.3) is 0 Å². The summed E-state index contributed by atoms with van der Waals surface area (Å²) >= 11 is 0. The Bertz CT molecular complexity index is 559. The largest absolute Gasteiger partial charge is 0.454 e. The van der Waals surface area contributed by atoms with Crippen LogP contribution in [0, 0.1) is 17.3 Å². The summed E-state index contributed by atoms with van der Waals surface area (Å²) in [7, 11) is 0.340. The van der Waals surface area contributed by atoms with Crippen molar-refractivity contribution in [3.63, 3.8) is 0 Å². The zero-order valence-electron chi connectivity index (χ0n) is 19.8. The molecule has 3 fully saturated rings. The molecule has 0 radical (unpaired) electrons. The third-order valence-corrected chi connectivity index (χ3v) is 10.8. The Balaban J connectivity index is 1.77. The van der Waals surface area contributed by atoms with Crippen molar-refractivity contribution in [1.29, 1.82) is 0 Å². The number of rotatable bonds is 7. The van der Waals surface area contributed by atoms with Gasteiger partial charge in [0.2, 0.25) is 0 Å². The highest BCUT2D eigenvalue weighted by molar-refractivity contribution is 7.59. The summed E-state index contributed by atoms with van der Waals surface area (Å²) in [6.45, 7) is 6.18. The molecule has 1 saturated heterocycles. The third-order valence-electron chi connectivity index (χ3n) is 8.70. The van der Waals surface area contributed by atoms with Gasteiger partial charge in [-0.3, -0.25) is 9.59 Å². The second-order valence-electron chi connectivity index (χ2n) is 10.6. The smallest absolute Gasteiger partial charge is 0.312 e. The molecule has 1 aliphatic heterocycles. The molecule has 2 aliphatic carbocycles. The van der Waals surface area contributed by atoms with Crippen molar-refractivity contribution in [3.8, 4) is 0 Å². The van der Waals surface area contributed by atoms with Crippen LogP contribution in [0.1, 0.15) is 124 Å². The van der Waals surface area contributed by atoms with E-state index in [0.717, 1.165) is 32.1 Å². The van der Waals surface area contributed by atoms with Gasteiger partial charge in [-0.1, -0.05) is 58.8 Å². The SMILES string of the molecule is CCCC(C)(CC)C(=O)OC1CCCC(C2CCCCC2)(C2CCCCC2)PC1=O. The Hall–Kier alpha value is -0.430. The van der Waals surface area contributed by atoms with E-state index in [1.54, 1.807) is 0 Å². The molecule has 0 aromatic heterocycles. The lowest BCUT2D eigenvalue weighted by molar-refractivity contribution is -0.163. The first-order valence-corrected chi connectivity index (χ1v) is 14.0. The molecule has 0 aromatic carbocycles. The van der Waals surface area contributed by atoms with Crippen LogP contribution in [-0.2, 0) is 14.3 Å². The standard InChI is InChI=1S/C26H45O3P/c1-4-18-25(3,5-2)24(28)29-22-17-12-19-26(30-23(22)27,20-13-8-6-9-14-20)21-15-10-7-11-16-21/h20-22,30H,4-19H2,1-3H3. The molecule has 3 unspecified atom stereocenters. The minimum atomic E-state index is -0.493. The Morgan fingerprint density at radius 1 is 0.967 bits per heavy atom. The topological polar surface area (TPSA) is 43.4 Å². The summed E-state index contributed by atoms with van der Waals surface area (Å²) < 4.78 is 5.98. The average molecular weight is 437 g/mol. The molecule has 2 saturated carbocycles. The van der Waals surface area contributed by atoms with Crippen molar-refractivity contribution >= 4 is 20.1 Å². The second-order valence-corrected chi connectivity index (χ2v) is 12.3. The lowest BCUT2D eigenvalue weighted by atomic mass is 9.67. The van der Waals surface area contributed by atoms with Crippen molar-refractivity contribution in [2.24, 2.45) is 17.3 Å². The lowest BCUT2D eigenvalue weighted by Crippen LogP contribution is -2.44. The molecule has 172 valence electrons. The van der Waals surface area contributed by atoms with Gasteiger partial charge in [-0.05, 0) is 85.1 Å². The summed E-state index contributed by atoms with van der Waals surface area (Å²) in [4.78, 5) is 26.6. The average Bonchev–Trinajstić information content (AvgIpc) is 2.94. The number of carbonyl (C=O) groups is 2. The number of carbonyl (C=O) groups excluding carboxylic acids is 2. The van der Waals surface area contributed by atoms with Crippen LogP contribution in [-0.4, -0.2) is 22.8 Å². The van der Waals surface area contributed by atoms with Gasteiger partial charge in [-0.15, -0.1) is 0 Å². The van der Waals surface area contributed by atoms with Crippen molar-refractivity contribution in [1.82, 2.24) is 0 Å². The van der Waals surface area contributed by atoms with Gasteiger partial charge in [-0.25, -0.2) is 0 Å². The van der Waals surface area contributed by atoms with Crippen LogP contribution < -0.4 is 0 Å². The normalized spacial score (nSPS) is 29.3. The van der Waals surface area contributed by atoms with Crippen LogP contribution in [0.2, 0.25) is 0 Å². The van der Waals surface area contributed by atoms with E-state index in [1.165, 1.54) is 70.6 Å². The fourth-order valence-electron chi connectivity index (χ4n) is 6.62. The molecule has 3 atom stereocenters. The molecule has 0 amide bonds. The Kier molecular flexibility index (Phi) is 8.82. The molecule has 1 heterocycles. The number of hydrogen-bond acceptors (Lipinski definition) is 3. The van der Waals surface area contributed by atoms with Gasteiger partial charge >= 0.3 is 5.97 Å². The van der Waals surface area contributed by atoms with Gasteiger partial charge in [0.15, 0.2) is 11.6 Å². The van der Waals surface area contributed by atoms with Crippen molar-refractivity contribution < 1.29 is 14.3 Å². The van der Waals surface area contributed by atoms with Crippen LogP contribution in [0.15, 0.2) is 0 Å². The molecule has 4 heteroatoms. The van der Waals surface area contributed by atoms with Crippen molar-refractivity contribution in [2.45, 2.75) is 135 Å². The minimum Gasteiger partial charge on any atom is -0.454 e. The zero-order valence-corrected chi connectivity index (χ0v) is 20.8. The fourth-order valence-corrected chi connectivity index (χ4v) is 8.73. The van der Waals surface area contributed by atoms with E-state index in [0.29, 0.717) is 20.4 Å². The molecule has 3 rings (SSSR count). The highest BCUT2D eigenvalue weighted by atomic mass is 31.1. The van der Waals surface area contributed by atoms with E-state index in [-0.39, 0.29) is 16.6 Å². The molecular weight excluding hydrogens is 391 g/mol. The highest BCUT2D eigenvalue weighted by Crippen LogP contribution is 2.58. The van der Waals surface area contributed by atoms with E-state index in [9.17, 15) is 9.59 Å². The molecule has 0 bridgehead atoms. The third kappa shape index (κ3) is 5.31. The summed E-state index contributed by atoms with van der Waals surface area (Å²) in [5, 5.41) is 0.205. The van der Waals surface area contributed by atoms with E-state index in [4.69, 9.17) is 4.74 Å². The van der Waals surface area contributed by atoms with Gasteiger partial charge in [0.05, 0.1) is 5.41 Å². The van der Waals surface area contributed by atoms with Crippen LogP contribution >= 0.6 is 8.58 Å². The monoisotopic (exact) mass is 436 g/mol. The first-order valence-electron chi connectivity index (χ1n) is 13.0. The van der Waals surface area contributed by atoms with Crippen molar-refractivity contribution in [2.75, 3.05) is 0 Å². The maximum atomic E-state index is 13.6. The molecule has 0 aromatic rings. The maximum absolute atomic E-state index is 13.6. The summed E-state index contributed by atoms with van der Waals surface area (Å²) in [5.41, 5.74) is -0.194. The Labute approximate surface area is 186 Å². The minimum absolute atomic E-state index is 0.141. The van der Waals surface area contributed by atoms with Crippen molar-refractivity contribution in [3.05, 3.63) is 0 Å². The maximum Gasteiger partial charge on any atom is 0.312 e. The first-order chi connectivity index (χ1) is 14.4. The van der Waals surface area contributed by atoms with Crippen LogP contribution in [0.5, 0.6) is 0 Å². The second kappa shape index (κ2) is 10.9. The van der Waals surface area contributed by atoms with Crippen LogP contribution in [0.3, 0.4) is 0 Å². The fraction of sp³-hybridized carbons (Fsp3) is 0.923. The van der Waals surface area contributed by atoms with E-state index in [2.05, 4.69) is 13.8 Å². The molecule has 30 heavy (non-hydrogen) atoms. The zero-order chi connectivity index (χ0) is 21.6. The molecule has 3 nitrogen and oxygen atoms in total. The number of ether oxygens (including phenoxy) is 1. The van der Waals surface area contributed by atoms with Crippen LogP contribution in [0.4, 0.5) is 0 Å². The molecule has 3 aliphatic rings.